The van der Waals surface area contributed by atoms with Crippen LogP contribution in [0.3, 0.4) is 0 Å². The van der Waals surface area contributed by atoms with Crippen LogP contribution in [0.25, 0.3) is 21.7 Å². The number of benzene rings is 4. The van der Waals surface area contributed by atoms with Crippen molar-refractivity contribution in [3.05, 3.63) is 112 Å². The summed E-state index contributed by atoms with van der Waals surface area (Å²) in [6.07, 6.45) is 2.40. The van der Waals surface area contributed by atoms with E-state index in [0.29, 0.717) is 12.3 Å². The van der Waals surface area contributed by atoms with Crippen LogP contribution in [0, 0.1) is 0 Å². The number of unbranched alkanes of at least 4 members (excludes halogenated alkanes) is 1. The van der Waals surface area contributed by atoms with Crippen molar-refractivity contribution >= 4 is 50.9 Å². The molecule has 1 heterocycles. The molecule has 2 atom stereocenters. The lowest BCUT2D eigenvalue weighted by Crippen LogP contribution is -2.35. The van der Waals surface area contributed by atoms with Crippen molar-refractivity contribution in [3.63, 3.8) is 0 Å². The fourth-order valence-corrected chi connectivity index (χ4v) is 6.06. The van der Waals surface area contributed by atoms with E-state index in [0.717, 1.165) is 67.7 Å². The number of rotatable bonds is 10. The molecule has 0 aliphatic heterocycles. The number of aliphatic hydroxyl groups is 1. The molecule has 5 rings (SSSR count). The first-order valence-corrected chi connectivity index (χ1v) is 14.4. The van der Waals surface area contributed by atoms with E-state index in [-0.39, 0.29) is 0 Å². The molecule has 40 heavy (non-hydrogen) atoms. The van der Waals surface area contributed by atoms with Crippen molar-refractivity contribution in [2.24, 2.45) is 0 Å². The molecule has 2 unspecified atom stereocenters. The molecule has 1 aromatic heterocycles. The van der Waals surface area contributed by atoms with Crippen LogP contribution < -0.4 is 10.2 Å². The van der Waals surface area contributed by atoms with Crippen molar-refractivity contribution in [2.75, 3.05) is 27.7 Å². The third-order valence-corrected chi connectivity index (χ3v) is 8.16. The fraction of sp³-hybridized carbons (Fsp3) is 0.265. The highest BCUT2D eigenvalue weighted by atomic mass is 79.9. The van der Waals surface area contributed by atoms with Crippen LogP contribution in [0.1, 0.15) is 41.9 Å². The summed E-state index contributed by atoms with van der Waals surface area (Å²) in [7, 11) is 11.9. The van der Waals surface area contributed by atoms with E-state index in [1.807, 2.05) is 54.6 Å². The van der Waals surface area contributed by atoms with E-state index in [9.17, 15) is 5.11 Å². The van der Waals surface area contributed by atoms with Gasteiger partial charge in [-0.15, -0.1) is 0 Å². The molecular formula is C34H34BBrN2O2. The maximum Gasteiger partial charge on any atom is 0.217 e. The average Bonchev–Trinajstić information content (AvgIpc) is 2.95. The van der Waals surface area contributed by atoms with Crippen molar-refractivity contribution in [1.82, 2.24) is 9.88 Å². The molecule has 0 aliphatic carbocycles. The highest BCUT2D eigenvalue weighted by Gasteiger charge is 2.42. The maximum atomic E-state index is 13.0. The van der Waals surface area contributed by atoms with Crippen LogP contribution in [0.2, 0.25) is 0 Å². The van der Waals surface area contributed by atoms with Gasteiger partial charge < -0.3 is 14.7 Å². The summed E-state index contributed by atoms with van der Waals surface area (Å²) in [5.74, 6) is 0.0917. The molecule has 0 fully saturated rings. The number of hydrogen-bond donors (Lipinski definition) is 1. The lowest BCUT2D eigenvalue weighted by atomic mass is 9.70. The molecule has 0 aliphatic rings. The normalized spacial score (nSPS) is 13.9. The highest BCUT2D eigenvalue weighted by Crippen LogP contribution is 2.48. The Morgan fingerprint density at radius 2 is 1.65 bits per heavy atom. The summed E-state index contributed by atoms with van der Waals surface area (Å²) in [5.41, 5.74) is 3.04. The lowest BCUT2D eigenvalue weighted by Gasteiger charge is -2.38. The van der Waals surface area contributed by atoms with Gasteiger partial charge in [-0.25, -0.2) is 4.98 Å². The minimum Gasteiger partial charge on any atom is -0.481 e. The van der Waals surface area contributed by atoms with Gasteiger partial charge >= 0.3 is 0 Å². The van der Waals surface area contributed by atoms with Gasteiger partial charge in [-0.3, -0.25) is 0 Å². The maximum absolute atomic E-state index is 13.0. The Labute approximate surface area is 246 Å². The highest BCUT2D eigenvalue weighted by molar-refractivity contribution is 9.10. The monoisotopic (exact) mass is 592 g/mol. The molecule has 4 aromatic carbocycles. The summed E-state index contributed by atoms with van der Waals surface area (Å²) in [6.45, 7) is 0.956. The van der Waals surface area contributed by atoms with Crippen LogP contribution >= 0.6 is 15.9 Å². The second-order valence-corrected chi connectivity index (χ2v) is 11.7. The van der Waals surface area contributed by atoms with Gasteiger partial charge in [0.25, 0.3) is 0 Å². The first kappa shape index (κ1) is 28.3. The van der Waals surface area contributed by atoms with E-state index >= 15 is 0 Å². The number of fused-ring (bicyclic) bond motifs is 2. The van der Waals surface area contributed by atoms with Crippen LogP contribution in [-0.4, -0.2) is 50.6 Å². The molecule has 202 valence electrons. The molecule has 2 radical (unpaired) electrons. The summed E-state index contributed by atoms with van der Waals surface area (Å²) < 4.78 is 6.88. The van der Waals surface area contributed by atoms with Gasteiger partial charge in [-0.1, -0.05) is 82.1 Å². The summed E-state index contributed by atoms with van der Waals surface area (Å²) in [4.78, 5) is 7.08. The van der Waals surface area contributed by atoms with E-state index in [4.69, 9.17) is 17.6 Å². The number of pyridine rings is 1. The minimum atomic E-state index is -1.24. The Morgan fingerprint density at radius 3 is 2.40 bits per heavy atom. The number of aromatic nitrogens is 1. The number of hydrogen-bond acceptors (Lipinski definition) is 4. The van der Waals surface area contributed by atoms with Gasteiger partial charge in [-0.2, -0.15) is 0 Å². The molecule has 0 saturated carbocycles. The second-order valence-electron chi connectivity index (χ2n) is 10.8. The molecular weight excluding hydrogens is 559 g/mol. The largest absolute Gasteiger partial charge is 0.481 e. The van der Waals surface area contributed by atoms with Crippen molar-refractivity contribution in [2.45, 2.75) is 30.8 Å². The van der Waals surface area contributed by atoms with Gasteiger partial charge in [0, 0.05) is 21.3 Å². The topological polar surface area (TPSA) is 45.6 Å². The van der Waals surface area contributed by atoms with Gasteiger partial charge in [-0.05, 0) is 92.1 Å². The zero-order valence-corrected chi connectivity index (χ0v) is 24.9. The van der Waals surface area contributed by atoms with E-state index in [2.05, 4.69) is 71.3 Å². The predicted octanol–water partition coefficient (Wildman–Crippen LogP) is 6.70. The number of methoxy groups -OCH3 is 1. The van der Waals surface area contributed by atoms with Crippen molar-refractivity contribution < 1.29 is 9.84 Å². The first-order valence-electron chi connectivity index (χ1n) is 13.6. The SMILES string of the molecule is [B]c1ccc2cc(C(O)(CCCCN(C)C)C(c3ccccc3)c3cc4cc(Br)ccc4nc3OC)ccc2c1. The molecule has 1 N–H and O–H groups in total. The lowest BCUT2D eigenvalue weighted by molar-refractivity contribution is 0.00690. The van der Waals surface area contributed by atoms with Crippen molar-refractivity contribution in [3.8, 4) is 5.88 Å². The molecule has 0 amide bonds. The zero-order chi connectivity index (χ0) is 28.3. The van der Waals surface area contributed by atoms with Crippen LogP contribution in [0.15, 0.2) is 95.5 Å². The molecule has 5 aromatic rings. The fourth-order valence-electron chi connectivity index (χ4n) is 5.69. The molecule has 0 bridgehead atoms. The van der Waals surface area contributed by atoms with Gasteiger partial charge in [0.1, 0.15) is 13.4 Å². The van der Waals surface area contributed by atoms with E-state index < -0.39 is 11.5 Å². The zero-order valence-electron chi connectivity index (χ0n) is 23.3. The Kier molecular flexibility index (Phi) is 8.60. The van der Waals surface area contributed by atoms with Gasteiger partial charge in [0.2, 0.25) is 5.88 Å². The molecule has 6 heteroatoms. The summed E-state index contributed by atoms with van der Waals surface area (Å²) in [5, 5.41) is 16.1. The van der Waals surface area contributed by atoms with Crippen LogP contribution in [0.4, 0.5) is 0 Å². The number of halogens is 1. The van der Waals surface area contributed by atoms with Gasteiger partial charge in [0.15, 0.2) is 0 Å². The quantitative estimate of drug-likeness (QED) is 0.145. The predicted molar refractivity (Wildman–Crippen MR) is 170 cm³/mol. The average molecular weight is 593 g/mol. The summed E-state index contributed by atoms with van der Waals surface area (Å²) >= 11 is 3.61. The first-order chi connectivity index (χ1) is 19.3. The van der Waals surface area contributed by atoms with Crippen LogP contribution in [-0.2, 0) is 5.60 Å². The third kappa shape index (κ3) is 5.95. The smallest absolute Gasteiger partial charge is 0.217 e. The number of nitrogens with zero attached hydrogens (tertiary/aromatic N) is 2. The Morgan fingerprint density at radius 1 is 0.900 bits per heavy atom. The Balaban J connectivity index is 1.74. The standard InChI is InChI=1S/C34H34BBrN2O2/c1-38(2)18-8-7-17-34(39,27-13-11-25-20-28(35)14-12-24(25)19-27)32(23-9-5-4-6-10-23)30-22-26-21-29(36)15-16-31(26)37-33(30)40-3/h4-6,9-16,19-22,32,39H,7-8,17-18H2,1-3H3. The molecule has 0 saturated heterocycles. The summed E-state index contributed by atoms with van der Waals surface area (Å²) in [6, 6.07) is 30.5. The Bertz CT molecular complexity index is 1630. The van der Waals surface area contributed by atoms with Crippen LogP contribution in [0.5, 0.6) is 5.88 Å². The molecule has 4 nitrogen and oxygen atoms in total. The second kappa shape index (κ2) is 12.1. The minimum absolute atomic E-state index is 0.426. The number of ether oxygens (including phenoxy) is 1. The third-order valence-electron chi connectivity index (χ3n) is 7.66. The van der Waals surface area contributed by atoms with E-state index in [1.165, 1.54) is 0 Å². The molecule has 0 spiro atoms. The Hall–Kier alpha value is -3.19. The van der Waals surface area contributed by atoms with Crippen molar-refractivity contribution in [1.29, 1.82) is 0 Å². The van der Waals surface area contributed by atoms with E-state index in [1.54, 1.807) is 7.11 Å². The van der Waals surface area contributed by atoms with Gasteiger partial charge in [0.05, 0.1) is 12.6 Å².